The first-order chi connectivity index (χ1) is 13.2. The van der Waals surface area contributed by atoms with Crippen molar-refractivity contribution in [3.63, 3.8) is 0 Å². The van der Waals surface area contributed by atoms with Gasteiger partial charge in [0.1, 0.15) is 19.0 Å². The molecule has 0 aliphatic carbocycles. The van der Waals surface area contributed by atoms with Gasteiger partial charge in [-0.2, -0.15) is 0 Å². The molecule has 0 N–H and O–H groups in total. The zero-order valence-corrected chi connectivity index (χ0v) is 16.6. The Bertz CT molecular complexity index is 763. The van der Waals surface area contributed by atoms with Crippen LogP contribution in [0.5, 0.6) is 17.2 Å². The Hall–Kier alpha value is -2.34. The van der Waals surface area contributed by atoms with Crippen LogP contribution in [0.2, 0.25) is 0 Å². The molecule has 1 aliphatic rings. The summed E-state index contributed by atoms with van der Waals surface area (Å²) in [5.74, 6) is 3.26. The summed E-state index contributed by atoms with van der Waals surface area (Å²) in [5.41, 5.74) is 0.991. The smallest absolute Gasteiger partial charge is 0.223 e. The van der Waals surface area contributed by atoms with E-state index >= 15 is 0 Å². The van der Waals surface area contributed by atoms with Crippen LogP contribution >= 0.6 is 11.8 Å². The van der Waals surface area contributed by atoms with Crippen molar-refractivity contribution in [1.29, 1.82) is 0 Å². The number of para-hydroxylation sites is 1. The van der Waals surface area contributed by atoms with Gasteiger partial charge in [0.25, 0.3) is 0 Å². The van der Waals surface area contributed by atoms with Crippen molar-refractivity contribution in [1.82, 2.24) is 4.90 Å². The van der Waals surface area contributed by atoms with E-state index in [1.807, 2.05) is 54.3 Å². The van der Waals surface area contributed by atoms with Crippen LogP contribution in [0.1, 0.15) is 18.9 Å². The van der Waals surface area contributed by atoms with Crippen molar-refractivity contribution in [2.45, 2.75) is 24.8 Å². The van der Waals surface area contributed by atoms with Crippen LogP contribution in [-0.2, 0) is 11.3 Å². The molecule has 6 heteroatoms. The molecule has 0 aromatic heterocycles. The third-order valence-electron chi connectivity index (χ3n) is 4.39. The molecule has 5 nitrogen and oxygen atoms in total. The summed E-state index contributed by atoms with van der Waals surface area (Å²) in [7, 11) is 1.65. The Morgan fingerprint density at radius 1 is 1.15 bits per heavy atom. The summed E-state index contributed by atoms with van der Waals surface area (Å²) in [6.45, 7) is 4.31. The minimum Gasteiger partial charge on any atom is -0.497 e. The Morgan fingerprint density at radius 3 is 2.67 bits per heavy atom. The van der Waals surface area contributed by atoms with Gasteiger partial charge in [0.05, 0.1) is 7.11 Å². The van der Waals surface area contributed by atoms with Gasteiger partial charge in [0.15, 0.2) is 11.5 Å². The third-order valence-corrected chi connectivity index (χ3v) is 5.40. The SMILES string of the molecule is CCN(Cc1cccc2c1OCCO2)C(=O)CCSc1ccc(OC)cc1. The molecule has 0 fully saturated rings. The van der Waals surface area contributed by atoms with Crippen LogP contribution in [0.25, 0.3) is 0 Å². The Kier molecular flexibility index (Phi) is 6.87. The molecule has 0 radical (unpaired) electrons. The molecule has 27 heavy (non-hydrogen) atoms. The lowest BCUT2D eigenvalue weighted by Crippen LogP contribution is -2.31. The van der Waals surface area contributed by atoms with Crippen LogP contribution in [0.4, 0.5) is 0 Å². The number of benzene rings is 2. The lowest BCUT2D eigenvalue weighted by molar-refractivity contribution is -0.131. The van der Waals surface area contributed by atoms with E-state index in [9.17, 15) is 4.79 Å². The number of hydrogen-bond donors (Lipinski definition) is 0. The van der Waals surface area contributed by atoms with Gasteiger partial charge in [-0.05, 0) is 37.3 Å². The minimum absolute atomic E-state index is 0.146. The molecule has 0 spiro atoms. The number of nitrogens with zero attached hydrogens (tertiary/aromatic N) is 1. The molecule has 1 aliphatic heterocycles. The summed E-state index contributed by atoms with van der Waals surface area (Å²) in [6, 6.07) is 13.7. The van der Waals surface area contributed by atoms with E-state index in [0.717, 1.165) is 33.5 Å². The normalized spacial score (nSPS) is 12.5. The highest BCUT2D eigenvalue weighted by Crippen LogP contribution is 2.34. The highest BCUT2D eigenvalue weighted by molar-refractivity contribution is 7.99. The molecule has 0 unspecified atom stereocenters. The second-order valence-corrected chi connectivity index (χ2v) is 7.29. The van der Waals surface area contributed by atoms with Crippen molar-refractivity contribution in [3.05, 3.63) is 48.0 Å². The molecule has 1 amide bonds. The average Bonchev–Trinajstić information content (AvgIpc) is 2.72. The molecule has 2 aromatic carbocycles. The maximum Gasteiger partial charge on any atom is 0.223 e. The van der Waals surface area contributed by atoms with Crippen molar-refractivity contribution < 1.29 is 19.0 Å². The maximum atomic E-state index is 12.7. The topological polar surface area (TPSA) is 48.0 Å². The van der Waals surface area contributed by atoms with Crippen LogP contribution in [0.15, 0.2) is 47.4 Å². The van der Waals surface area contributed by atoms with E-state index in [1.165, 1.54) is 0 Å². The maximum absolute atomic E-state index is 12.7. The van der Waals surface area contributed by atoms with Crippen LogP contribution in [0.3, 0.4) is 0 Å². The van der Waals surface area contributed by atoms with Gasteiger partial charge in [0.2, 0.25) is 5.91 Å². The zero-order chi connectivity index (χ0) is 19.1. The van der Waals surface area contributed by atoms with E-state index in [2.05, 4.69) is 0 Å². The zero-order valence-electron chi connectivity index (χ0n) is 15.8. The van der Waals surface area contributed by atoms with Crippen molar-refractivity contribution in [3.8, 4) is 17.2 Å². The fraction of sp³-hybridized carbons (Fsp3) is 0.381. The predicted molar refractivity (Wildman–Crippen MR) is 107 cm³/mol. The molecule has 0 bridgehead atoms. The van der Waals surface area contributed by atoms with Gasteiger partial charge in [-0.15, -0.1) is 11.8 Å². The monoisotopic (exact) mass is 387 g/mol. The van der Waals surface area contributed by atoms with Crippen molar-refractivity contribution in [2.75, 3.05) is 32.6 Å². The van der Waals surface area contributed by atoms with Crippen LogP contribution in [-0.4, -0.2) is 43.4 Å². The second-order valence-electron chi connectivity index (χ2n) is 6.12. The van der Waals surface area contributed by atoms with Crippen LogP contribution < -0.4 is 14.2 Å². The molecule has 3 rings (SSSR count). The van der Waals surface area contributed by atoms with E-state index in [0.29, 0.717) is 32.7 Å². The first-order valence-electron chi connectivity index (χ1n) is 9.13. The van der Waals surface area contributed by atoms with E-state index in [1.54, 1.807) is 18.9 Å². The Labute approximate surface area is 164 Å². The number of amides is 1. The molecule has 1 heterocycles. The number of methoxy groups -OCH3 is 1. The second kappa shape index (κ2) is 9.55. The molecular weight excluding hydrogens is 362 g/mol. The first kappa shape index (κ1) is 19.4. The quantitative estimate of drug-likeness (QED) is 0.641. The Balaban J connectivity index is 1.55. The largest absolute Gasteiger partial charge is 0.497 e. The van der Waals surface area contributed by atoms with Gasteiger partial charge in [-0.1, -0.05) is 12.1 Å². The molecule has 0 saturated carbocycles. The lowest BCUT2D eigenvalue weighted by Gasteiger charge is -2.25. The molecule has 0 saturated heterocycles. The summed E-state index contributed by atoms with van der Waals surface area (Å²) >= 11 is 1.68. The van der Waals surface area contributed by atoms with E-state index < -0.39 is 0 Å². The van der Waals surface area contributed by atoms with E-state index in [-0.39, 0.29) is 5.91 Å². The number of carbonyl (C=O) groups is 1. The number of thioether (sulfide) groups is 1. The minimum atomic E-state index is 0.146. The average molecular weight is 388 g/mol. The number of rotatable bonds is 8. The highest BCUT2D eigenvalue weighted by atomic mass is 32.2. The Morgan fingerprint density at radius 2 is 1.93 bits per heavy atom. The molecular formula is C21H25NO4S. The van der Waals surface area contributed by atoms with Gasteiger partial charge in [0, 0.05) is 35.7 Å². The van der Waals surface area contributed by atoms with Gasteiger partial charge in [-0.3, -0.25) is 4.79 Å². The summed E-state index contributed by atoms with van der Waals surface area (Å²) in [5, 5.41) is 0. The summed E-state index contributed by atoms with van der Waals surface area (Å²) in [4.78, 5) is 15.7. The van der Waals surface area contributed by atoms with Crippen molar-refractivity contribution >= 4 is 17.7 Å². The number of ether oxygens (including phenoxy) is 3. The third kappa shape index (κ3) is 5.10. The highest BCUT2D eigenvalue weighted by Gasteiger charge is 2.19. The molecule has 0 atom stereocenters. The predicted octanol–water partition coefficient (Wildman–Crippen LogP) is 4.00. The summed E-state index contributed by atoms with van der Waals surface area (Å²) in [6.07, 6.45) is 0.497. The fourth-order valence-corrected chi connectivity index (χ4v) is 3.77. The number of fused-ring (bicyclic) bond motifs is 1. The van der Waals surface area contributed by atoms with E-state index in [4.69, 9.17) is 14.2 Å². The standard InChI is InChI=1S/C21H25NO4S/c1-3-22(15-16-5-4-6-19-21(16)26-13-12-25-19)20(23)11-14-27-18-9-7-17(24-2)8-10-18/h4-10H,3,11-15H2,1-2H3. The van der Waals surface area contributed by atoms with Gasteiger partial charge >= 0.3 is 0 Å². The summed E-state index contributed by atoms with van der Waals surface area (Å²) < 4.78 is 16.6. The lowest BCUT2D eigenvalue weighted by atomic mass is 10.1. The molecule has 144 valence electrons. The molecule has 2 aromatic rings. The van der Waals surface area contributed by atoms with Crippen molar-refractivity contribution in [2.24, 2.45) is 0 Å². The van der Waals surface area contributed by atoms with Crippen LogP contribution in [0, 0.1) is 0 Å². The van der Waals surface area contributed by atoms with Gasteiger partial charge < -0.3 is 19.1 Å². The fourth-order valence-electron chi connectivity index (χ4n) is 2.93. The number of hydrogen-bond acceptors (Lipinski definition) is 5. The first-order valence-corrected chi connectivity index (χ1v) is 10.1. The van der Waals surface area contributed by atoms with Gasteiger partial charge in [-0.25, -0.2) is 0 Å². The number of carbonyl (C=O) groups excluding carboxylic acids is 1.